The zero-order valence-electron chi connectivity index (χ0n) is 19.7. The van der Waals surface area contributed by atoms with Crippen LogP contribution in [0.15, 0.2) is 95.2 Å². The number of aliphatic carboxylic acids is 1. The van der Waals surface area contributed by atoms with Crippen molar-refractivity contribution in [2.75, 3.05) is 7.11 Å². The molecule has 0 amide bonds. The van der Waals surface area contributed by atoms with E-state index in [4.69, 9.17) is 4.74 Å². The van der Waals surface area contributed by atoms with Crippen molar-refractivity contribution in [1.29, 1.82) is 0 Å². The molecule has 3 N–H and O–H groups in total. The molecule has 4 aromatic rings. The Morgan fingerprint density at radius 2 is 1.84 bits per heavy atom. The molecule has 0 saturated carbocycles. The Hall–Kier alpha value is -4.92. The Bertz CT molecular complexity index is 1620. The highest BCUT2D eigenvalue weighted by Crippen LogP contribution is 2.43. The van der Waals surface area contributed by atoms with Gasteiger partial charge in [-0.25, -0.2) is 9.18 Å². The summed E-state index contributed by atoms with van der Waals surface area (Å²) in [5, 5.41) is 40.5. The standard InChI is InChI=1S/C28H22FN3O5/c1-37-24-13-12-18(15-21(24)29)32-22-10-4-2-9-20(22)25(26(32)34)30-31-28(27(35)36)14-6-7-17(16-28)19-8-3-5-11-23(19)33/h2-15,33-34H,16H2,1H3,(H,35,36). The van der Waals surface area contributed by atoms with Crippen molar-refractivity contribution in [2.24, 2.45) is 10.2 Å². The second-order valence-electron chi connectivity index (χ2n) is 8.52. The Balaban J connectivity index is 1.60. The SMILES string of the molecule is COc1ccc(-n2c(O)c(N=NC3(C(=O)O)C=CC=C(c4ccccc4O)C3)c3ccccc32)cc1F. The number of fused-ring (bicyclic) bond motifs is 1. The number of para-hydroxylation sites is 2. The molecule has 37 heavy (non-hydrogen) atoms. The third-order valence-electron chi connectivity index (χ3n) is 6.30. The van der Waals surface area contributed by atoms with Gasteiger partial charge in [0, 0.05) is 23.4 Å². The summed E-state index contributed by atoms with van der Waals surface area (Å²) in [4.78, 5) is 12.4. The lowest BCUT2D eigenvalue weighted by Gasteiger charge is -2.25. The predicted molar refractivity (Wildman–Crippen MR) is 136 cm³/mol. The normalized spacial score (nSPS) is 17.3. The van der Waals surface area contributed by atoms with Gasteiger partial charge in [0.15, 0.2) is 17.3 Å². The minimum Gasteiger partial charge on any atom is -0.507 e. The van der Waals surface area contributed by atoms with Crippen LogP contribution < -0.4 is 4.74 Å². The van der Waals surface area contributed by atoms with Crippen molar-refractivity contribution in [1.82, 2.24) is 4.57 Å². The second kappa shape index (κ2) is 9.27. The summed E-state index contributed by atoms with van der Waals surface area (Å²) in [5.74, 6) is -2.10. The average molecular weight is 499 g/mol. The molecule has 1 aliphatic rings. The number of aromatic nitrogens is 1. The zero-order valence-corrected chi connectivity index (χ0v) is 19.7. The molecule has 1 aliphatic carbocycles. The van der Waals surface area contributed by atoms with Crippen LogP contribution in [0, 0.1) is 5.82 Å². The summed E-state index contributed by atoms with van der Waals surface area (Å²) in [5.41, 5.74) is 0.185. The number of allylic oxidation sites excluding steroid dienone is 2. The smallest absolute Gasteiger partial charge is 0.337 e. The fourth-order valence-electron chi connectivity index (χ4n) is 4.42. The van der Waals surface area contributed by atoms with Gasteiger partial charge in [-0.15, -0.1) is 5.11 Å². The molecule has 1 atom stereocenters. The number of benzene rings is 3. The highest BCUT2D eigenvalue weighted by Gasteiger charge is 2.39. The lowest BCUT2D eigenvalue weighted by atomic mass is 9.84. The number of aromatic hydroxyl groups is 2. The molecule has 0 radical (unpaired) electrons. The van der Waals surface area contributed by atoms with Crippen LogP contribution in [0.1, 0.15) is 12.0 Å². The fraction of sp³-hybridized carbons (Fsp3) is 0.107. The molecule has 3 aromatic carbocycles. The second-order valence-corrected chi connectivity index (χ2v) is 8.52. The Morgan fingerprint density at radius 1 is 1.08 bits per heavy atom. The maximum absolute atomic E-state index is 14.5. The van der Waals surface area contributed by atoms with E-state index in [0.717, 1.165) is 0 Å². The van der Waals surface area contributed by atoms with E-state index < -0.39 is 17.3 Å². The largest absolute Gasteiger partial charge is 0.507 e. The van der Waals surface area contributed by atoms with Gasteiger partial charge in [-0.2, -0.15) is 5.11 Å². The number of azo groups is 1. The lowest BCUT2D eigenvalue weighted by Crippen LogP contribution is -2.35. The first-order valence-corrected chi connectivity index (χ1v) is 11.3. The average Bonchev–Trinajstić information content (AvgIpc) is 3.18. The third kappa shape index (κ3) is 4.10. The molecule has 0 aliphatic heterocycles. The van der Waals surface area contributed by atoms with Gasteiger partial charge >= 0.3 is 5.97 Å². The number of carbonyl (C=O) groups is 1. The molecule has 0 spiro atoms. The molecule has 9 heteroatoms. The Morgan fingerprint density at radius 3 is 2.57 bits per heavy atom. The number of hydrogen-bond acceptors (Lipinski definition) is 6. The van der Waals surface area contributed by atoms with Crippen LogP contribution >= 0.6 is 0 Å². The van der Waals surface area contributed by atoms with Crippen LogP contribution in [-0.2, 0) is 4.79 Å². The lowest BCUT2D eigenvalue weighted by molar-refractivity contribution is -0.141. The number of carboxylic acids is 1. The zero-order chi connectivity index (χ0) is 26.2. The van der Waals surface area contributed by atoms with Crippen molar-refractivity contribution < 1.29 is 29.2 Å². The van der Waals surface area contributed by atoms with Crippen molar-refractivity contribution in [3.8, 4) is 23.1 Å². The third-order valence-corrected chi connectivity index (χ3v) is 6.30. The number of hydrogen-bond donors (Lipinski definition) is 3. The van der Waals surface area contributed by atoms with Crippen molar-refractivity contribution >= 4 is 28.1 Å². The predicted octanol–water partition coefficient (Wildman–Crippen LogP) is 6.14. The maximum Gasteiger partial charge on any atom is 0.337 e. The van der Waals surface area contributed by atoms with Crippen LogP contribution in [0.4, 0.5) is 10.1 Å². The molecule has 1 aromatic heterocycles. The van der Waals surface area contributed by atoms with Crippen molar-refractivity contribution in [3.63, 3.8) is 0 Å². The monoisotopic (exact) mass is 499 g/mol. The minimum absolute atomic E-state index is 0.0210. The van der Waals surface area contributed by atoms with Gasteiger partial charge in [0.1, 0.15) is 5.75 Å². The van der Waals surface area contributed by atoms with Crippen LogP contribution in [0.3, 0.4) is 0 Å². The van der Waals surface area contributed by atoms with Crippen LogP contribution in [0.2, 0.25) is 0 Å². The number of nitrogens with zero attached hydrogens (tertiary/aromatic N) is 3. The number of ether oxygens (including phenoxy) is 1. The summed E-state index contributed by atoms with van der Waals surface area (Å²) in [6, 6.07) is 17.8. The van der Waals surface area contributed by atoms with Crippen LogP contribution in [0.25, 0.3) is 22.2 Å². The Labute approximate surface area is 210 Å². The number of phenols is 1. The number of rotatable bonds is 6. The molecule has 0 bridgehead atoms. The van der Waals surface area contributed by atoms with E-state index in [1.807, 2.05) is 0 Å². The highest BCUT2D eigenvalue weighted by atomic mass is 19.1. The summed E-state index contributed by atoms with van der Waals surface area (Å²) in [7, 11) is 1.36. The van der Waals surface area contributed by atoms with Gasteiger partial charge in [0.05, 0.1) is 18.3 Å². The molecule has 186 valence electrons. The van der Waals surface area contributed by atoms with Crippen LogP contribution in [0.5, 0.6) is 17.4 Å². The number of halogens is 1. The van der Waals surface area contributed by atoms with Crippen molar-refractivity contribution in [2.45, 2.75) is 12.0 Å². The van der Waals surface area contributed by atoms with E-state index >= 15 is 0 Å². The van der Waals surface area contributed by atoms with Crippen molar-refractivity contribution in [3.05, 3.63) is 96.3 Å². The Kier molecular flexibility index (Phi) is 5.96. The molecule has 5 rings (SSSR count). The van der Waals surface area contributed by atoms with E-state index in [1.54, 1.807) is 60.7 Å². The summed E-state index contributed by atoms with van der Waals surface area (Å²) >= 11 is 0. The highest BCUT2D eigenvalue weighted by molar-refractivity contribution is 5.96. The first kappa shape index (κ1) is 23.8. The molecule has 0 saturated heterocycles. The first-order valence-electron chi connectivity index (χ1n) is 11.3. The number of carboxylic acid groups (broad SMARTS) is 1. The van der Waals surface area contributed by atoms with E-state index in [2.05, 4.69) is 10.2 Å². The van der Waals surface area contributed by atoms with E-state index in [9.17, 15) is 24.5 Å². The maximum atomic E-state index is 14.5. The molecule has 1 unspecified atom stereocenters. The van der Waals surface area contributed by atoms with Gasteiger partial charge in [0.2, 0.25) is 11.4 Å². The van der Waals surface area contributed by atoms with E-state index in [0.29, 0.717) is 27.7 Å². The van der Waals surface area contributed by atoms with Gasteiger partial charge in [0.25, 0.3) is 0 Å². The fourth-order valence-corrected chi connectivity index (χ4v) is 4.42. The minimum atomic E-state index is -1.77. The van der Waals surface area contributed by atoms with Gasteiger partial charge in [-0.1, -0.05) is 48.6 Å². The molecule has 0 fully saturated rings. The topological polar surface area (TPSA) is 117 Å². The number of methoxy groups -OCH3 is 1. The van der Waals surface area contributed by atoms with Gasteiger partial charge in [-0.05, 0) is 35.9 Å². The molecular weight excluding hydrogens is 477 g/mol. The summed E-state index contributed by atoms with van der Waals surface area (Å²) in [6.45, 7) is 0. The molecule has 1 heterocycles. The summed E-state index contributed by atoms with van der Waals surface area (Å²) in [6.07, 6.45) is 4.62. The van der Waals surface area contributed by atoms with Crippen LogP contribution in [-0.4, -0.2) is 38.5 Å². The molecular formula is C28H22FN3O5. The van der Waals surface area contributed by atoms with E-state index in [-0.39, 0.29) is 29.5 Å². The van der Waals surface area contributed by atoms with Gasteiger partial charge in [-0.3, -0.25) is 4.57 Å². The first-order chi connectivity index (χ1) is 17.8. The quantitative estimate of drug-likeness (QED) is 0.276. The number of phenolic OH excluding ortho intramolecular Hbond substituents is 1. The molecule has 8 nitrogen and oxygen atoms in total. The summed E-state index contributed by atoms with van der Waals surface area (Å²) < 4.78 is 20.8. The van der Waals surface area contributed by atoms with E-state index in [1.165, 1.54) is 36.0 Å². The van der Waals surface area contributed by atoms with Gasteiger partial charge < -0.3 is 20.1 Å².